The second kappa shape index (κ2) is 5.28. The number of amides is 2. The molecule has 3 atom stereocenters. The van der Waals surface area contributed by atoms with E-state index in [4.69, 9.17) is 0 Å². The largest absolute Gasteiger partial charge is 0.298 e. The summed E-state index contributed by atoms with van der Waals surface area (Å²) in [6.07, 6.45) is 3.46. The van der Waals surface area contributed by atoms with Gasteiger partial charge in [-0.15, -0.1) is 0 Å². The van der Waals surface area contributed by atoms with Gasteiger partial charge in [0.05, 0.1) is 17.5 Å². The van der Waals surface area contributed by atoms with Gasteiger partial charge in [0.15, 0.2) is 0 Å². The molecule has 0 N–H and O–H groups in total. The zero-order valence-corrected chi connectivity index (χ0v) is 12.8. The van der Waals surface area contributed by atoms with Crippen molar-refractivity contribution in [3.8, 4) is 0 Å². The van der Waals surface area contributed by atoms with Gasteiger partial charge in [-0.2, -0.15) is 0 Å². The number of anilines is 1. The predicted molar refractivity (Wildman–Crippen MR) is 85.5 cm³/mol. The van der Waals surface area contributed by atoms with E-state index in [1.165, 1.54) is 4.90 Å². The summed E-state index contributed by atoms with van der Waals surface area (Å²) in [4.78, 5) is 33.3. The lowest BCUT2D eigenvalue weighted by atomic mass is 9.89. The zero-order valence-electron chi connectivity index (χ0n) is 12.8. The molecule has 5 heteroatoms. The van der Waals surface area contributed by atoms with Crippen LogP contribution in [0.1, 0.15) is 11.6 Å². The van der Waals surface area contributed by atoms with Gasteiger partial charge in [0, 0.05) is 25.0 Å². The molecule has 4 rings (SSSR count). The first-order valence-corrected chi connectivity index (χ1v) is 7.71. The Balaban J connectivity index is 1.73. The van der Waals surface area contributed by atoms with E-state index in [0.717, 1.165) is 5.56 Å². The monoisotopic (exact) mass is 307 g/mol. The second-order valence-electron chi connectivity index (χ2n) is 6.14. The summed E-state index contributed by atoms with van der Waals surface area (Å²) in [7, 11) is 1.97. The first-order valence-electron chi connectivity index (χ1n) is 7.71. The Hall–Kier alpha value is -2.53. The third kappa shape index (κ3) is 2.08. The Kier molecular flexibility index (Phi) is 3.23. The Labute approximate surface area is 134 Å². The number of imide groups is 1. The smallest absolute Gasteiger partial charge is 0.239 e. The zero-order chi connectivity index (χ0) is 16.0. The average molecular weight is 307 g/mol. The molecule has 0 bridgehead atoms. The fourth-order valence-electron chi connectivity index (χ4n) is 3.85. The van der Waals surface area contributed by atoms with E-state index in [9.17, 15) is 9.59 Å². The summed E-state index contributed by atoms with van der Waals surface area (Å²) in [5.74, 6) is -0.784. The van der Waals surface area contributed by atoms with E-state index in [-0.39, 0.29) is 29.7 Å². The molecule has 0 radical (unpaired) electrons. The Bertz CT molecular complexity index is 747. The molecule has 2 amide bonds. The van der Waals surface area contributed by atoms with Gasteiger partial charge < -0.3 is 0 Å². The minimum absolute atomic E-state index is 0.0758. The standard InChI is InChI=1S/C18H17N3O2/c1-20-11-14-15(16(20)12-7-9-19-10-8-12)18(23)21(17(14)22)13-5-3-2-4-6-13/h2-10,14-16H,11H2,1H3. The van der Waals surface area contributed by atoms with E-state index >= 15 is 0 Å². The Morgan fingerprint density at radius 1 is 1.00 bits per heavy atom. The number of aromatic nitrogens is 1. The SMILES string of the molecule is CN1CC2C(=O)N(c3ccccc3)C(=O)C2C1c1ccncc1. The van der Waals surface area contributed by atoms with Gasteiger partial charge in [-0.3, -0.25) is 19.5 Å². The highest BCUT2D eigenvalue weighted by Gasteiger charge is 2.57. The van der Waals surface area contributed by atoms with Crippen LogP contribution in [-0.4, -0.2) is 35.3 Å². The Morgan fingerprint density at radius 3 is 2.39 bits per heavy atom. The van der Waals surface area contributed by atoms with E-state index in [1.54, 1.807) is 12.4 Å². The molecule has 0 saturated carbocycles. The molecule has 2 fully saturated rings. The van der Waals surface area contributed by atoms with E-state index in [0.29, 0.717) is 12.2 Å². The lowest BCUT2D eigenvalue weighted by Gasteiger charge is -2.25. The maximum Gasteiger partial charge on any atom is 0.239 e. The van der Waals surface area contributed by atoms with Crippen LogP contribution in [0.4, 0.5) is 5.69 Å². The van der Waals surface area contributed by atoms with Crippen molar-refractivity contribution in [1.29, 1.82) is 0 Å². The van der Waals surface area contributed by atoms with Crippen molar-refractivity contribution in [2.24, 2.45) is 11.8 Å². The molecule has 5 nitrogen and oxygen atoms in total. The molecule has 3 heterocycles. The van der Waals surface area contributed by atoms with E-state index < -0.39 is 0 Å². The molecule has 3 unspecified atom stereocenters. The number of nitrogens with zero attached hydrogens (tertiary/aromatic N) is 3. The topological polar surface area (TPSA) is 53.5 Å². The highest BCUT2D eigenvalue weighted by atomic mass is 16.2. The van der Waals surface area contributed by atoms with Crippen LogP contribution in [0, 0.1) is 11.8 Å². The fourth-order valence-corrected chi connectivity index (χ4v) is 3.85. The fraction of sp³-hybridized carbons (Fsp3) is 0.278. The van der Waals surface area contributed by atoms with Crippen LogP contribution in [0.5, 0.6) is 0 Å². The number of carbonyl (C=O) groups is 2. The number of benzene rings is 1. The second-order valence-corrected chi connectivity index (χ2v) is 6.14. The highest BCUT2D eigenvalue weighted by molar-refractivity contribution is 6.22. The molecule has 2 saturated heterocycles. The van der Waals surface area contributed by atoms with Crippen molar-refractivity contribution in [3.63, 3.8) is 0 Å². The van der Waals surface area contributed by atoms with Crippen molar-refractivity contribution >= 4 is 17.5 Å². The van der Waals surface area contributed by atoms with Crippen LogP contribution in [-0.2, 0) is 9.59 Å². The minimum Gasteiger partial charge on any atom is -0.298 e. The molecular weight excluding hydrogens is 290 g/mol. The number of pyridine rings is 1. The van der Waals surface area contributed by atoms with Gasteiger partial charge in [0.25, 0.3) is 0 Å². The maximum absolute atomic E-state index is 13.0. The van der Waals surface area contributed by atoms with E-state index in [2.05, 4.69) is 9.88 Å². The number of hydrogen-bond donors (Lipinski definition) is 0. The molecule has 23 heavy (non-hydrogen) atoms. The summed E-state index contributed by atoms with van der Waals surface area (Å²) in [5, 5.41) is 0. The third-order valence-corrected chi connectivity index (χ3v) is 4.84. The van der Waals surface area contributed by atoms with Crippen LogP contribution in [0.3, 0.4) is 0 Å². The van der Waals surface area contributed by atoms with Gasteiger partial charge in [0.2, 0.25) is 11.8 Å². The van der Waals surface area contributed by atoms with Crippen LogP contribution >= 0.6 is 0 Å². The molecule has 2 aliphatic heterocycles. The molecule has 0 spiro atoms. The first kappa shape index (κ1) is 14.1. The van der Waals surface area contributed by atoms with Crippen molar-refractivity contribution in [2.45, 2.75) is 6.04 Å². The van der Waals surface area contributed by atoms with E-state index in [1.807, 2.05) is 49.5 Å². The molecule has 0 aliphatic carbocycles. The van der Waals surface area contributed by atoms with Crippen LogP contribution in [0.25, 0.3) is 0 Å². The summed E-state index contributed by atoms with van der Waals surface area (Å²) in [5.41, 5.74) is 1.69. The number of likely N-dealkylation sites (tertiary alicyclic amines) is 1. The maximum atomic E-state index is 13.0. The van der Waals surface area contributed by atoms with Crippen LogP contribution in [0.15, 0.2) is 54.9 Å². The predicted octanol–water partition coefficient (Wildman–Crippen LogP) is 1.87. The van der Waals surface area contributed by atoms with Crippen molar-refractivity contribution in [2.75, 3.05) is 18.5 Å². The number of para-hydroxylation sites is 1. The number of rotatable bonds is 2. The number of fused-ring (bicyclic) bond motifs is 1. The Morgan fingerprint density at radius 2 is 1.70 bits per heavy atom. The normalized spacial score (nSPS) is 27.5. The quantitative estimate of drug-likeness (QED) is 0.795. The summed E-state index contributed by atoms with van der Waals surface area (Å²) in [6, 6.07) is 13.0. The average Bonchev–Trinajstić information content (AvgIpc) is 3.04. The summed E-state index contributed by atoms with van der Waals surface area (Å²) in [6.45, 7) is 0.603. The molecule has 2 aromatic rings. The molecule has 2 aliphatic rings. The highest BCUT2D eigenvalue weighted by Crippen LogP contribution is 2.46. The summed E-state index contributed by atoms with van der Waals surface area (Å²) >= 11 is 0. The number of hydrogen-bond acceptors (Lipinski definition) is 4. The van der Waals surface area contributed by atoms with Gasteiger partial charge >= 0.3 is 0 Å². The van der Waals surface area contributed by atoms with Crippen LogP contribution < -0.4 is 4.90 Å². The third-order valence-electron chi connectivity index (χ3n) is 4.84. The lowest BCUT2D eigenvalue weighted by Crippen LogP contribution is -2.36. The number of carbonyl (C=O) groups excluding carboxylic acids is 2. The van der Waals surface area contributed by atoms with Gasteiger partial charge in [-0.1, -0.05) is 18.2 Å². The van der Waals surface area contributed by atoms with Crippen molar-refractivity contribution < 1.29 is 9.59 Å². The van der Waals surface area contributed by atoms with Gasteiger partial charge in [0.1, 0.15) is 0 Å². The summed E-state index contributed by atoms with van der Waals surface area (Å²) < 4.78 is 0. The molecule has 1 aromatic carbocycles. The van der Waals surface area contributed by atoms with Crippen molar-refractivity contribution in [3.05, 3.63) is 60.4 Å². The van der Waals surface area contributed by atoms with Gasteiger partial charge in [-0.25, -0.2) is 4.90 Å². The van der Waals surface area contributed by atoms with Crippen molar-refractivity contribution in [1.82, 2.24) is 9.88 Å². The molecular formula is C18H17N3O2. The van der Waals surface area contributed by atoms with Crippen LogP contribution in [0.2, 0.25) is 0 Å². The van der Waals surface area contributed by atoms with Gasteiger partial charge in [-0.05, 0) is 36.9 Å². The molecule has 1 aromatic heterocycles. The lowest BCUT2D eigenvalue weighted by molar-refractivity contribution is -0.123. The molecule has 116 valence electrons. The first-order chi connectivity index (χ1) is 11.2. The minimum atomic E-state index is -0.324.